The van der Waals surface area contributed by atoms with Gasteiger partial charge in [0.1, 0.15) is 0 Å². The van der Waals surface area contributed by atoms with Crippen molar-refractivity contribution in [1.82, 2.24) is 20.2 Å². The van der Waals surface area contributed by atoms with E-state index in [1.165, 1.54) is 11.8 Å². The van der Waals surface area contributed by atoms with Crippen LogP contribution in [0.2, 0.25) is 0 Å². The van der Waals surface area contributed by atoms with Crippen molar-refractivity contribution in [3.63, 3.8) is 0 Å². The number of rotatable bonds is 7. The van der Waals surface area contributed by atoms with E-state index in [0.717, 1.165) is 5.56 Å². The number of nitrogens with zero attached hydrogens (tertiary/aromatic N) is 4. The molecule has 9 heteroatoms. The third-order valence-electron chi connectivity index (χ3n) is 3.85. The molecular formula is C19H20N6O2S. The lowest BCUT2D eigenvalue weighted by atomic mass is 10.1. The van der Waals surface area contributed by atoms with Crippen LogP contribution in [0.4, 0.5) is 11.4 Å². The molecule has 28 heavy (non-hydrogen) atoms. The summed E-state index contributed by atoms with van der Waals surface area (Å²) in [5, 5.41) is 17.5. The summed E-state index contributed by atoms with van der Waals surface area (Å²) in [7, 11) is 0. The fraction of sp³-hybridized carbons (Fsp3) is 0.211. The Balaban J connectivity index is 1.66. The van der Waals surface area contributed by atoms with Crippen LogP contribution in [0.1, 0.15) is 22.8 Å². The van der Waals surface area contributed by atoms with Crippen LogP contribution in [0.3, 0.4) is 0 Å². The van der Waals surface area contributed by atoms with Crippen LogP contribution in [0.25, 0.3) is 0 Å². The Morgan fingerprint density at radius 1 is 1.11 bits per heavy atom. The largest absolute Gasteiger partial charge is 0.325 e. The summed E-state index contributed by atoms with van der Waals surface area (Å²) in [6, 6.07) is 14.4. The molecule has 0 atom stereocenters. The zero-order chi connectivity index (χ0) is 19.9. The number of amides is 2. The van der Waals surface area contributed by atoms with Crippen LogP contribution in [0.5, 0.6) is 0 Å². The molecule has 3 rings (SSSR count). The molecule has 2 N–H and O–H groups in total. The highest BCUT2D eigenvalue weighted by Gasteiger charge is 2.15. The lowest BCUT2D eigenvalue weighted by Crippen LogP contribution is -2.19. The monoisotopic (exact) mass is 396 g/mol. The van der Waals surface area contributed by atoms with Gasteiger partial charge in [-0.2, -0.15) is 0 Å². The molecule has 8 nitrogen and oxygen atoms in total. The molecule has 3 aromatic rings. The molecule has 1 heterocycles. The van der Waals surface area contributed by atoms with Gasteiger partial charge in [-0.1, -0.05) is 36.0 Å². The van der Waals surface area contributed by atoms with E-state index in [1.807, 2.05) is 38.1 Å². The lowest BCUT2D eigenvalue weighted by Gasteiger charge is -2.11. The Morgan fingerprint density at radius 3 is 2.71 bits per heavy atom. The first-order valence-corrected chi connectivity index (χ1v) is 9.71. The van der Waals surface area contributed by atoms with Crippen molar-refractivity contribution in [2.45, 2.75) is 25.5 Å². The lowest BCUT2D eigenvalue weighted by molar-refractivity contribution is -0.113. The van der Waals surface area contributed by atoms with Gasteiger partial charge in [0, 0.05) is 12.2 Å². The van der Waals surface area contributed by atoms with Crippen molar-refractivity contribution in [3.05, 3.63) is 59.7 Å². The highest BCUT2D eigenvalue weighted by molar-refractivity contribution is 7.99. The molecule has 0 unspecified atom stereocenters. The second-order valence-corrected chi connectivity index (χ2v) is 6.93. The molecule has 0 saturated heterocycles. The van der Waals surface area contributed by atoms with Gasteiger partial charge in [-0.05, 0) is 54.1 Å². The molecule has 0 bridgehead atoms. The minimum absolute atomic E-state index is 0.133. The summed E-state index contributed by atoms with van der Waals surface area (Å²) < 4.78 is 1.61. The molecule has 0 aliphatic carbocycles. The number of carbonyl (C=O) groups excluding carboxylic acids is 2. The third kappa shape index (κ3) is 4.95. The fourth-order valence-electron chi connectivity index (χ4n) is 2.53. The predicted molar refractivity (Wildman–Crippen MR) is 108 cm³/mol. The zero-order valence-electron chi connectivity index (χ0n) is 15.5. The van der Waals surface area contributed by atoms with Gasteiger partial charge in [0.2, 0.25) is 11.1 Å². The summed E-state index contributed by atoms with van der Waals surface area (Å²) in [4.78, 5) is 25.0. The number of thioether (sulfide) groups is 1. The van der Waals surface area contributed by atoms with Crippen molar-refractivity contribution in [3.8, 4) is 0 Å². The quantitative estimate of drug-likeness (QED) is 0.595. The summed E-state index contributed by atoms with van der Waals surface area (Å²) in [6.45, 7) is 4.50. The number of para-hydroxylation sites is 1. The number of hydrogen-bond acceptors (Lipinski definition) is 6. The van der Waals surface area contributed by atoms with Crippen LogP contribution in [-0.2, 0) is 11.3 Å². The number of nitrogens with one attached hydrogen (secondary N) is 2. The average Bonchev–Trinajstić information content (AvgIpc) is 3.14. The number of benzene rings is 2. The van der Waals surface area contributed by atoms with Crippen LogP contribution >= 0.6 is 11.8 Å². The third-order valence-corrected chi connectivity index (χ3v) is 4.81. The van der Waals surface area contributed by atoms with Crippen LogP contribution in [-0.4, -0.2) is 37.8 Å². The molecule has 2 aromatic carbocycles. The molecule has 0 aliphatic heterocycles. The Bertz CT molecular complexity index is 988. The minimum atomic E-state index is -0.288. The molecule has 144 valence electrons. The van der Waals surface area contributed by atoms with Crippen molar-refractivity contribution >= 4 is 35.0 Å². The van der Waals surface area contributed by atoms with Crippen molar-refractivity contribution in [2.24, 2.45) is 0 Å². The highest BCUT2D eigenvalue weighted by Crippen LogP contribution is 2.19. The molecule has 0 fully saturated rings. The Morgan fingerprint density at radius 2 is 1.93 bits per heavy atom. The van der Waals surface area contributed by atoms with E-state index in [0.29, 0.717) is 28.6 Å². The van der Waals surface area contributed by atoms with Crippen molar-refractivity contribution in [1.29, 1.82) is 0 Å². The second-order valence-electron chi connectivity index (χ2n) is 5.98. The zero-order valence-corrected chi connectivity index (χ0v) is 16.4. The molecular weight excluding hydrogens is 376 g/mol. The van der Waals surface area contributed by atoms with Crippen LogP contribution < -0.4 is 10.6 Å². The Kier molecular flexibility index (Phi) is 6.38. The van der Waals surface area contributed by atoms with Gasteiger partial charge in [0.15, 0.2) is 0 Å². The number of carbonyl (C=O) groups is 2. The van der Waals surface area contributed by atoms with E-state index < -0.39 is 0 Å². The van der Waals surface area contributed by atoms with Crippen molar-refractivity contribution in [2.75, 3.05) is 16.4 Å². The van der Waals surface area contributed by atoms with E-state index in [2.05, 4.69) is 26.2 Å². The molecule has 2 amide bonds. The second kappa shape index (κ2) is 9.14. The molecule has 0 saturated carbocycles. The fourth-order valence-corrected chi connectivity index (χ4v) is 3.27. The molecule has 0 radical (unpaired) electrons. The maximum atomic E-state index is 12.7. The first kappa shape index (κ1) is 19.6. The molecule has 0 aliphatic rings. The van der Waals surface area contributed by atoms with Gasteiger partial charge < -0.3 is 10.6 Å². The van der Waals surface area contributed by atoms with Gasteiger partial charge in [0.05, 0.1) is 17.0 Å². The average molecular weight is 396 g/mol. The maximum Gasteiger partial charge on any atom is 0.257 e. The highest BCUT2D eigenvalue weighted by atomic mass is 32.2. The summed E-state index contributed by atoms with van der Waals surface area (Å²) in [5.74, 6) is -0.399. The maximum absolute atomic E-state index is 12.7. The molecule has 0 spiro atoms. The van der Waals surface area contributed by atoms with Gasteiger partial charge in [0.25, 0.3) is 5.91 Å². The predicted octanol–water partition coefficient (Wildman–Crippen LogP) is 2.98. The van der Waals surface area contributed by atoms with E-state index in [4.69, 9.17) is 0 Å². The van der Waals surface area contributed by atoms with Crippen LogP contribution in [0, 0.1) is 6.92 Å². The van der Waals surface area contributed by atoms with Gasteiger partial charge in [-0.3, -0.25) is 9.59 Å². The van der Waals surface area contributed by atoms with E-state index in [-0.39, 0.29) is 17.6 Å². The minimum Gasteiger partial charge on any atom is -0.325 e. The summed E-state index contributed by atoms with van der Waals surface area (Å²) in [5.41, 5.74) is 2.59. The summed E-state index contributed by atoms with van der Waals surface area (Å²) >= 11 is 1.24. The van der Waals surface area contributed by atoms with Gasteiger partial charge in [-0.25, -0.2) is 4.68 Å². The Labute approximate surface area is 166 Å². The van der Waals surface area contributed by atoms with E-state index in [9.17, 15) is 9.59 Å². The molecule has 1 aromatic heterocycles. The van der Waals surface area contributed by atoms with Gasteiger partial charge >= 0.3 is 0 Å². The number of tetrazole rings is 1. The van der Waals surface area contributed by atoms with Crippen LogP contribution in [0.15, 0.2) is 53.7 Å². The van der Waals surface area contributed by atoms with Crippen molar-refractivity contribution < 1.29 is 9.59 Å². The van der Waals surface area contributed by atoms with E-state index in [1.54, 1.807) is 28.9 Å². The number of hydrogen-bond donors (Lipinski definition) is 2. The summed E-state index contributed by atoms with van der Waals surface area (Å²) in [6.07, 6.45) is 0. The smallest absolute Gasteiger partial charge is 0.257 e. The topological polar surface area (TPSA) is 102 Å². The first-order chi connectivity index (χ1) is 13.6. The number of aromatic nitrogens is 4. The normalized spacial score (nSPS) is 10.5. The number of anilines is 2. The number of aryl methyl sites for hydroxylation is 2. The SMILES string of the molecule is CCn1nnnc1SCC(=O)Nc1ccccc1C(=O)Nc1cccc(C)c1. The van der Waals surface area contributed by atoms with E-state index >= 15 is 0 Å². The Hall–Kier alpha value is -3.20. The van der Waals surface area contributed by atoms with Gasteiger partial charge in [-0.15, -0.1) is 5.10 Å². The standard InChI is InChI=1S/C19H20N6O2S/c1-3-25-19(22-23-24-25)28-12-17(26)21-16-10-5-4-9-15(16)18(27)20-14-8-6-7-13(2)11-14/h4-11H,3,12H2,1-2H3,(H,20,27)(H,21,26). The first-order valence-electron chi connectivity index (χ1n) is 8.72.